The lowest BCUT2D eigenvalue weighted by molar-refractivity contribution is -0.145. The van der Waals surface area contributed by atoms with Gasteiger partial charge in [-0.3, -0.25) is 9.48 Å². The van der Waals surface area contributed by atoms with Crippen molar-refractivity contribution in [3.8, 4) is 0 Å². The van der Waals surface area contributed by atoms with E-state index >= 15 is 0 Å². The molecule has 0 spiro atoms. The lowest BCUT2D eigenvalue weighted by atomic mass is 10.1. The number of hydrogen-bond acceptors (Lipinski definition) is 4. The Morgan fingerprint density at radius 3 is 2.89 bits per heavy atom. The van der Waals surface area contributed by atoms with E-state index in [1.54, 1.807) is 4.68 Å². The quantitative estimate of drug-likeness (QED) is 0.709. The molecule has 0 amide bonds. The van der Waals surface area contributed by atoms with Crippen molar-refractivity contribution in [2.45, 2.75) is 39.2 Å². The molecule has 1 unspecified atom stereocenters. The lowest BCUT2D eigenvalue weighted by Crippen LogP contribution is -2.39. The van der Waals surface area contributed by atoms with Crippen LogP contribution in [0.4, 0.5) is 0 Å². The van der Waals surface area contributed by atoms with Gasteiger partial charge in [-0.05, 0) is 19.4 Å². The highest BCUT2D eigenvalue weighted by molar-refractivity contribution is 5.75. The maximum atomic E-state index is 11.7. The van der Waals surface area contributed by atoms with Crippen LogP contribution < -0.4 is 5.32 Å². The molecule has 0 radical (unpaired) electrons. The molecule has 18 heavy (non-hydrogen) atoms. The summed E-state index contributed by atoms with van der Waals surface area (Å²) in [6.07, 6.45) is 4.51. The Balaban J connectivity index is 2.35. The molecule has 0 aromatic carbocycles. The van der Waals surface area contributed by atoms with Crippen molar-refractivity contribution in [1.82, 2.24) is 15.1 Å². The van der Waals surface area contributed by atoms with Crippen LogP contribution in [0.5, 0.6) is 0 Å². The standard InChI is InChI=1S/C13H23N3O2/c1-4-6-12(13(17)18-5-2)14-9-7-11-8-10-16(3)15-11/h8,10,12,14H,4-7,9H2,1-3H3. The Morgan fingerprint density at radius 1 is 1.56 bits per heavy atom. The van der Waals surface area contributed by atoms with Crippen molar-refractivity contribution in [1.29, 1.82) is 0 Å². The average molecular weight is 253 g/mol. The summed E-state index contributed by atoms with van der Waals surface area (Å²) in [5.74, 6) is -0.152. The predicted octanol–water partition coefficient (Wildman–Crippen LogP) is 1.28. The number of aromatic nitrogens is 2. The first-order valence-corrected chi connectivity index (χ1v) is 6.55. The van der Waals surface area contributed by atoms with Crippen LogP contribution in [-0.2, 0) is 23.0 Å². The minimum absolute atomic E-state index is 0.152. The molecule has 1 aromatic rings. The summed E-state index contributed by atoms with van der Waals surface area (Å²) < 4.78 is 6.82. The van der Waals surface area contributed by atoms with Gasteiger partial charge in [0.05, 0.1) is 12.3 Å². The Morgan fingerprint density at radius 2 is 2.33 bits per heavy atom. The molecule has 0 aliphatic carbocycles. The number of aryl methyl sites for hydroxylation is 1. The highest BCUT2D eigenvalue weighted by Crippen LogP contribution is 2.01. The van der Waals surface area contributed by atoms with Gasteiger partial charge in [0, 0.05) is 26.2 Å². The monoisotopic (exact) mass is 253 g/mol. The highest BCUT2D eigenvalue weighted by atomic mass is 16.5. The van der Waals surface area contributed by atoms with E-state index in [1.807, 2.05) is 26.2 Å². The number of hydrogen-bond donors (Lipinski definition) is 1. The van der Waals surface area contributed by atoms with E-state index in [9.17, 15) is 4.79 Å². The van der Waals surface area contributed by atoms with Gasteiger partial charge in [-0.25, -0.2) is 0 Å². The molecule has 1 rings (SSSR count). The number of rotatable bonds is 8. The molecule has 1 heterocycles. The zero-order valence-electron chi connectivity index (χ0n) is 11.5. The van der Waals surface area contributed by atoms with E-state index in [0.717, 1.165) is 31.5 Å². The third-order valence-corrected chi connectivity index (χ3v) is 2.69. The third-order valence-electron chi connectivity index (χ3n) is 2.69. The number of ether oxygens (including phenoxy) is 1. The Labute approximate surface area is 109 Å². The van der Waals surface area contributed by atoms with Gasteiger partial charge in [-0.1, -0.05) is 13.3 Å². The zero-order valence-corrected chi connectivity index (χ0v) is 11.5. The average Bonchev–Trinajstić information content (AvgIpc) is 2.74. The first-order valence-electron chi connectivity index (χ1n) is 6.55. The van der Waals surface area contributed by atoms with E-state index < -0.39 is 0 Å². The van der Waals surface area contributed by atoms with E-state index in [0.29, 0.717) is 6.61 Å². The first-order chi connectivity index (χ1) is 8.67. The van der Waals surface area contributed by atoms with E-state index in [2.05, 4.69) is 17.3 Å². The second-order valence-corrected chi connectivity index (χ2v) is 4.28. The maximum Gasteiger partial charge on any atom is 0.323 e. The fraction of sp³-hybridized carbons (Fsp3) is 0.692. The Hall–Kier alpha value is -1.36. The number of carbonyl (C=O) groups is 1. The van der Waals surface area contributed by atoms with Crippen LogP contribution in [-0.4, -0.2) is 34.9 Å². The van der Waals surface area contributed by atoms with Gasteiger partial charge in [0.1, 0.15) is 6.04 Å². The fourth-order valence-corrected chi connectivity index (χ4v) is 1.81. The van der Waals surface area contributed by atoms with E-state index in [1.165, 1.54) is 0 Å². The van der Waals surface area contributed by atoms with Crippen molar-refractivity contribution in [2.75, 3.05) is 13.2 Å². The van der Waals surface area contributed by atoms with Gasteiger partial charge < -0.3 is 10.1 Å². The fourth-order valence-electron chi connectivity index (χ4n) is 1.81. The van der Waals surface area contributed by atoms with Crippen molar-refractivity contribution in [3.63, 3.8) is 0 Å². The summed E-state index contributed by atoms with van der Waals surface area (Å²) >= 11 is 0. The largest absolute Gasteiger partial charge is 0.465 e. The van der Waals surface area contributed by atoms with Gasteiger partial charge >= 0.3 is 5.97 Å². The van der Waals surface area contributed by atoms with Crippen molar-refractivity contribution < 1.29 is 9.53 Å². The van der Waals surface area contributed by atoms with E-state index in [4.69, 9.17) is 4.74 Å². The first kappa shape index (κ1) is 14.7. The Bertz CT molecular complexity index is 363. The predicted molar refractivity (Wildman–Crippen MR) is 70.2 cm³/mol. The molecule has 0 aliphatic heterocycles. The zero-order chi connectivity index (χ0) is 13.4. The highest BCUT2D eigenvalue weighted by Gasteiger charge is 2.17. The molecule has 1 atom stereocenters. The smallest absolute Gasteiger partial charge is 0.323 e. The summed E-state index contributed by atoms with van der Waals surface area (Å²) in [6.45, 7) is 5.06. The van der Waals surface area contributed by atoms with Crippen LogP contribution in [0, 0.1) is 0 Å². The number of esters is 1. The summed E-state index contributed by atoms with van der Waals surface area (Å²) in [5.41, 5.74) is 1.03. The molecule has 5 nitrogen and oxygen atoms in total. The normalized spacial score (nSPS) is 12.4. The summed E-state index contributed by atoms with van der Waals surface area (Å²) in [4.78, 5) is 11.7. The van der Waals surface area contributed by atoms with Gasteiger partial charge in [0.2, 0.25) is 0 Å². The van der Waals surface area contributed by atoms with Gasteiger partial charge in [0.25, 0.3) is 0 Å². The molecule has 1 aromatic heterocycles. The molecule has 0 aliphatic rings. The van der Waals surface area contributed by atoms with Crippen LogP contribution >= 0.6 is 0 Å². The number of carbonyl (C=O) groups excluding carboxylic acids is 1. The molecule has 0 fully saturated rings. The minimum atomic E-state index is -0.196. The van der Waals surface area contributed by atoms with Crippen LogP contribution in [0.15, 0.2) is 12.3 Å². The lowest BCUT2D eigenvalue weighted by Gasteiger charge is -2.16. The SMILES string of the molecule is CCCC(NCCc1ccn(C)n1)C(=O)OCC. The van der Waals surface area contributed by atoms with Crippen LogP contribution in [0.2, 0.25) is 0 Å². The summed E-state index contributed by atoms with van der Waals surface area (Å²) in [6, 6.07) is 1.79. The molecular weight excluding hydrogens is 230 g/mol. The van der Waals surface area contributed by atoms with Gasteiger partial charge in [-0.15, -0.1) is 0 Å². The molecule has 0 saturated heterocycles. The van der Waals surface area contributed by atoms with Crippen molar-refractivity contribution in [2.24, 2.45) is 7.05 Å². The minimum Gasteiger partial charge on any atom is -0.465 e. The molecule has 0 saturated carbocycles. The van der Waals surface area contributed by atoms with Crippen LogP contribution in [0.1, 0.15) is 32.4 Å². The number of nitrogens with zero attached hydrogens (tertiary/aromatic N) is 2. The molecular formula is C13H23N3O2. The third kappa shape index (κ3) is 4.87. The van der Waals surface area contributed by atoms with E-state index in [-0.39, 0.29) is 12.0 Å². The van der Waals surface area contributed by atoms with Crippen LogP contribution in [0.25, 0.3) is 0 Å². The van der Waals surface area contributed by atoms with Gasteiger partial charge in [-0.2, -0.15) is 5.10 Å². The van der Waals surface area contributed by atoms with Crippen molar-refractivity contribution >= 4 is 5.97 Å². The van der Waals surface area contributed by atoms with Gasteiger partial charge in [0.15, 0.2) is 0 Å². The number of nitrogens with one attached hydrogen (secondary N) is 1. The molecule has 102 valence electrons. The second-order valence-electron chi connectivity index (χ2n) is 4.28. The second kappa shape index (κ2) is 7.87. The van der Waals surface area contributed by atoms with Crippen LogP contribution in [0.3, 0.4) is 0 Å². The summed E-state index contributed by atoms with van der Waals surface area (Å²) in [5, 5.41) is 7.53. The summed E-state index contributed by atoms with van der Waals surface area (Å²) in [7, 11) is 1.90. The maximum absolute atomic E-state index is 11.7. The van der Waals surface area contributed by atoms with Crippen molar-refractivity contribution in [3.05, 3.63) is 18.0 Å². The molecule has 5 heteroatoms. The molecule has 1 N–H and O–H groups in total. The molecule has 0 bridgehead atoms. The topological polar surface area (TPSA) is 56.2 Å². The Kier molecular flexibility index (Phi) is 6.43.